The molecule has 0 aliphatic rings. The molecule has 25 heavy (non-hydrogen) atoms. The van der Waals surface area contributed by atoms with Crippen molar-refractivity contribution in [2.24, 2.45) is 0 Å². The summed E-state index contributed by atoms with van der Waals surface area (Å²) in [5.41, 5.74) is 1.46. The topological polar surface area (TPSA) is 46.9 Å². The first kappa shape index (κ1) is 17.5. The molecule has 0 aliphatic heterocycles. The Kier molecular flexibility index (Phi) is 5.06. The number of aryl methyl sites for hydroxylation is 1. The van der Waals surface area contributed by atoms with Crippen molar-refractivity contribution in [3.05, 3.63) is 81.2 Å². The second-order valence-corrected chi connectivity index (χ2v) is 6.28. The third-order valence-electron chi connectivity index (χ3n) is 3.71. The van der Waals surface area contributed by atoms with Gasteiger partial charge in [-0.15, -0.1) is 0 Å². The largest absolute Gasteiger partial charge is 0.305 e. The maximum absolute atomic E-state index is 13.9. The molecule has 0 atom stereocenters. The minimum Gasteiger partial charge on any atom is -0.305 e. The summed E-state index contributed by atoms with van der Waals surface area (Å²) >= 11 is 12.1. The average molecular weight is 378 g/mol. The first-order valence-electron chi connectivity index (χ1n) is 7.49. The van der Waals surface area contributed by atoms with Crippen LogP contribution in [0.3, 0.4) is 0 Å². The van der Waals surface area contributed by atoms with Gasteiger partial charge in [-0.1, -0.05) is 41.4 Å². The van der Waals surface area contributed by atoms with Crippen molar-refractivity contribution in [2.75, 3.05) is 5.32 Å². The number of nitrogens with zero attached hydrogens (tertiary/aromatic N) is 2. The van der Waals surface area contributed by atoms with Gasteiger partial charge in [0.2, 0.25) is 0 Å². The van der Waals surface area contributed by atoms with Gasteiger partial charge in [0.1, 0.15) is 5.82 Å². The van der Waals surface area contributed by atoms with Gasteiger partial charge in [-0.3, -0.25) is 9.48 Å². The molecule has 3 aromatic rings. The van der Waals surface area contributed by atoms with Gasteiger partial charge >= 0.3 is 0 Å². The molecular weight excluding hydrogens is 364 g/mol. The van der Waals surface area contributed by atoms with Gasteiger partial charge in [0.15, 0.2) is 5.82 Å². The van der Waals surface area contributed by atoms with Crippen LogP contribution in [0, 0.1) is 12.7 Å². The number of anilines is 1. The molecule has 2 aromatic carbocycles. The number of amides is 1. The predicted octanol–water partition coefficient (Wildman–Crippen LogP) is 4.94. The molecule has 0 bridgehead atoms. The minimum atomic E-state index is -0.399. The number of carbonyl (C=O) groups excluding carboxylic acids is 1. The van der Waals surface area contributed by atoms with Crippen LogP contribution in [-0.4, -0.2) is 15.7 Å². The van der Waals surface area contributed by atoms with Crippen molar-refractivity contribution >= 4 is 34.9 Å². The van der Waals surface area contributed by atoms with E-state index in [2.05, 4.69) is 10.4 Å². The van der Waals surface area contributed by atoms with E-state index in [1.165, 1.54) is 6.07 Å². The van der Waals surface area contributed by atoms with Crippen molar-refractivity contribution in [1.82, 2.24) is 9.78 Å². The summed E-state index contributed by atoms with van der Waals surface area (Å²) in [5.74, 6) is -0.405. The van der Waals surface area contributed by atoms with Crippen LogP contribution in [0.15, 0.2) is 48.5 Å². The van der Waals surface area contributed by atoms with E-state index in [0.29, 0.717) is 27.0 Å². The molecule has 0 unspecified atom stereocenters. The molecule has 1 aromatic heterocycles. The van der Waals surface area contributed by atoms with Crippen LogP contribution in [0.4, 0.5) is 10.2 Å². The first-order valence-corrected chi connectivity index (χ1v) is 8.24. The second kappa shape index (κ2) is 7.25. The fraction of sp³-hybridized carbons (Fsp3) is 0.111. The highest BCUT2D eigenvalue weighted by Gasteiger charge is 2.14. The number of benzene rings is 2. The smallest absolute Gasteiger partial charge is 0.258 e. The van der Waals surface area contributed by atoms with Gasteiger partial charge in [0.25, 0.3) is 5.91 Å². The third kappa shape index (κ3) is 3.83. The number of rotatable bonds is 4. The van der Waals surface area contributed by atoms with Crippen molar-refractivity contribution < 1.29 is 9.18 Å². The summed E-state index contributed by atoms with van der Waals surface area (Å²) in [6.07, 6.45) is 0. The van der Waals surface area contributed by atoms with Crippen LogP contribution in [-0.2, 0) is 6.54 Å². The monoisotopic (exact) mass is 377 g/mol. The summed E-state index contributed by atoms with van der Waals surface area (Å²) in [4.78, 5) is 12.3. The average Bonchev–Trinajstić information content (AvgIpc) is 2.90. The van der Waals surface area contributed by atoms with Crippen LogP contribution >= 0.6 is 23.2 Å². The molecule has 1 heterocycles. The second-order valence-electron chi connectivity index (χ2n) is 5.46. The number of carbonyl (C=O) groups is 1. The molecular formula is C18H14Cl2FN3O. The predicted molar refractivity (Wildman–Crippen MR) is 96.9 cm³/mol. The van der Waals surface area contributed by atoms with Gasteiger partial charge in [0, 0.05) is 22.3 Å². The Labute approximate surface area is 154 Å². The standard InChI is InChI=1S/C18H14Cl2FN3O/c1-11-9-17(22-18(25)12-5-2-3-6-14(12)19)23-24(11)10-13-15(20)7-4-8-16(13)21/h2-9H,10H2,1H3,(H,22,23,25). The number of hydrogen-bond acceptors (Lipinski definition) is 2. The van der Waals surface area contributed by atoms with Crippen molar-refractivity contribution in [3.63, 3.8) is 0 Å². The van der Waals surface area contributed by atoms with Crippen LogP contribution in [0.2, 0.25) is 10.0 Å². The van der Waals surface area contributed by atoms with Gasteiger partial charge < -0.3 is 5.32 Å². The fourth-order valence-electron chi connectivity index (χ4n) is 2.39. The van der Waals surface area contributed by atoms with Gasteiger partial charge in [-0.25, -0.2) is 4.39 Å². The van der Waals surface area contributed by atoms with E-state index in [0.717, 1.165) is 5.69 Å². The SMILES string of the molecule is Cc1cc(NC(=O)c2ccccc2Cl)nn1Cc1c(F)cccc1Cl. The van der Waals surface area contributed by atoms with Crippen LogP contribution in [0.1, 0.15) is 21.6 Å². The zero-order valence-corrected chi connectivity index (χ0v) is 14.8. The lowest BCUT2D eigenvalue weighted by atomic mass is 10.2. The lowest BCUT2D eigenvalue weighted by molar-refractivity contribution is 0.102. The zero-order valence-electron chi connectivity index (χ0n) is 13.3. The normalized spacial score (nSPS) is 10.7. The highest BCUT2D eigenvalue weighted by Crippen LogP contribution is 2.22. The molecule has 4 nitrogen and oxygen atoms in total. The maximum Gasteiger partial charge on any atom is 0.258 e. The Morgan fingerprint density at radius 2 is 1.88 bits per heavy atom. The van der Waals surface area contributed by atoms with E-state index >= 15 is 0 Å². The molecule has 3 rings (SSSR count). The highest BCUT2D eigenvalue weighted by atomic mass is 35.5. The van der Waals surface area contributed by atoms with Crippen molar-refractivity contribution in [1.29, 1.82) is 0 Å². The molecule has 7 heteroatoms. The van der Waals surface area contributed by atoms with Crippen LogP contribution in [0.25, 0.3) is 0 Å². The van der Waals surface area contributed by atoms with E-state index in [1.807, 2.05) is 6.92 Å². The minimum absolute atomic E-state index is 0.166. The number of aromatic nitrogens is 2. The Morgan fingerprint density at radius 1 is 1.16 bits per heavy atom. The Morgan fingerprint density at radius 3 is 2.60 bits per heavy atom. The summed E-state index contributed by atoms with van der Waals surface area (Å²) < 4.78 is 15.5. The number of hydrogen-bond donors (Lipinski definition) is 1. The number of halogens is 3. The zero-order chi connectivity index (χ0) is 18.0. The quantitative estimate of drug-likeness (QED) is 0.699. The third-order valence-corrected chi connectivity index (χ3v) is 4.39. The molecule has 0 saturated carbocycles. The summed E-state index contributed by atoms with van der Waals surface area (Å²) in [6, 6.07) is 13.0. The highest BCUT2D eigenvalue weighted by molar-refractivity contribution is 6.34. The molecule has 0 fully saturated rings. The van der Waals surface area contributed by atoms with E-state index in [4.69, 9.17) is 23.2 Å². The van der Waals surface area contributed by atoms with E-state index in [1.54, 1.807) is 47.1 Å². The van der Waals surface area contributed by atoms with Crippen molar-refractivity contribution in [3.8, 4) is 0 Å². The molecule has 0 spiro atoms. The Bertz CT molecular complexity index is 920. The molecule has 0 radical (unpaired) electrons. The molecule has 1 N–H and O–H groups in total. The lowest BCUT2D eigenvalue weighted by Crippen LogP contribution is -2.13. The van der Waals surface area contributed by atoms with Crippen molar-refractivity contribution in [2.45, 2.75) is 13.5 Å². The summed E-state index contributed by atoms with van der Waals surface area (Å²) in [6.45, 7) is 1.98. The lowest BCUT2D eigenvalue weighted by Gasteiger charge is -2.08. The van der Waals surface area contributed by atoms with Gasteiger partial charge in [0.05, 0.1) is 17.1 Å². The maximum atomic E-state index is 13.9. The first-order chi connectivity index (χ1) is 12.0. The Balaban J connectivity index is 1.81. The molecule has 0 aliphatic carbocycles. The fourth-order valence-corrected chi connectivity index (χ4v) is 2.84. The number of nitrogens with one attached hydrogen (secondary N) is 1. The molecule has 128 valence electrons. The molecule has 0 saturated heterocycles. The van der Waals surface area contributed by atoms with E-state index < -0.39 is 5.82 Å². The Hall–Kier alpha value is -2.37. The van der Waals surface area contributed by atoms with Gasteiger partial charge in [-0.05, 0) is 31.2 Å². The summed E-state index contributed by atoms with van der Waals surface area (Å²) in [7, 11) is 0. The molecule has 1 amide bonds. The van der Waals surface area contributed by atoms with E-state index in [-0.39, 0.29) is 12.5 Å². The van der Waals surface area contributed by atoms with E-state index in [9.17, 15) is 9.18 Å². The van der Waals surface area contributed by atoms with Crippen LogP contribution < -0.4 is 5.32 Å². The van der Waals surface area contributed by atoms with Gasteiger partial charge in [-0.2, -0.15) is 5.10 Å². The van der Waals surface area contributed by atoms with Crippen LogP contribution in [0.5, 0.6) is 0 Å². The summed E-state index contributed by atoms with van der Waals surface area (Å²) in [5, 5.41) is 7.68.